The Kier molecular flexibility index (Phi) is 2.58. The Bertz CT molecular complexity index is 1160. The number of hydrogen-bond donors (Lipinski definition) is 0. The van der Waals surface area contributed by atoms with Crippen molar-refractivity contribution in [3.8, 4) is 22.8 Å². The summed E-state index contributed by atoms with van der Waals surface area (Å²) in [5.74, 6) is 1.90. The van der Waals surface area contributed by atoms with Crippen molar-refractivity contribution in [1.82, 2.24) is 0 Å². The van der Waals surface area contributed by atoms with Gasteiger partial charge in [0.05, 0.1) is 10.9 Å². The van der Waals surface area contributed by atoms with Crippen LogP contribution < -0.4 is 9.30 Å². The van der Waals surface area contributed by atoms with Gasteiger partial charge in [-0.15, -0.1) is 0 Å². The Morgan fingerprint density at radius 1 is 0.833 bits per heavy atom. The number of nitrogens with zero attached hydrogens (tertiary/aromatic N) is 1. The fourth-order valence-electron chi connectivity index (χ4n) is 3.96. The quantitative estimate of drug-likeness (QED) is 0.358. The summed E-state index contributed by atoms with van der Waals surface area (Å²) in [6.45, 7) is 4.36. The van der Waals surface area contributed by atoms with Crippen LogP contribution in [0, 0.1) is 13.8 Å². The highest BCUT2D eigenvalue weighted by atomic mass is 16.5. The van der Waals surface area contributed by atoms with E-state index in [1.807, 2.05) is 0 Å². The summed E-state index contributed by atoms with van der Waals surface area (Å²) in [5.41, 5.74) is 4.99. The van der Waals surface area contributed by atoms with Crippen molar-refractivity contribution in [3.05, 3.63) is 65.9 Å². The van der Waals surface area contributed by atoms with Crippen molar-refractivity contribution in [2.45, 2.75) is 13.8 Å². The van der Waals surface area contributed by atoms with Gasteiger partial charge in [-0.2, -0.15) is 4.57 Å². The molecule has 0 N–H and O–H groups in total. The largest absolute Gasteiger partial charge is 0.456 e. The van der Waals surface area contributed by atoms with Crippen LogP contribution in [0.15, 0.2) is 54.6 Å². The molecule has 116 valence electrons. The zero-order valence-electron chi connectivity index (χ0n) is 14.1. The molecule has 0 bridgehead atoms. The van der Waals surface area contributed by atoms with Gasteiger partial charge in [0.1, 0.15) is 18.5 Å². The molecule has 4 aromatic rings. The van der Waals surface area contributed by atoms with Crippen molar-refractivity contribution < 1.29 is 9.30 Å². The number of aryl methyl sites for hydroxylation is 2. The molecular formula is C22H18NO+. The second kappa shape index (κ2) is 4.57. The topological polar surface area (TPSA) is 13.1 Å². The van der Waals surface area contributed by atoms with Crippen LogP contribution in [0.4, 0.5) is 0 Å². The highest BCUT2D eigenvalue weighted by Gasteiger charge is 2.30. The Balaban J connectivity index is 2.04. The molecule has 0 spiro atoms. The molecule has 0 saturated heterocycles. The van der Waals surface area contributed by atoms with Gasteiger partial charge in [-0.25, -0.2) is 0 Å². The SMILES string of the molecule is Cc1c2c(cc3ccccc13)Oc1cccc3cc(C)[n+](C)c-2c13. The van der Waals surface area contributed by atoms with Crippen molar-refractivity contribution in [3.63, 3.8) is 0 Å². The molecule has 2 heteroatoms. The third kappa shape index (κ3) is 1.63. The first-order chi connectivity index (χ1) is 11.6. The maximum Gasteiger partial charge on any atom is 0.228 e. The highest BCUT2D eigenvalue weighted by Crippen LogP contribution is 2.48. The monoisotopic (exact) mass is 312 g/mol. The van der Waals surface area contributed by atoms with Gasteiger partial charge < -0.3 is 4.74 Å². The molecule has 0 aliphatic carbocycles. The molecule has 0 unspecified atom stereocenters. The number of hydrogen-bond acceptors (Lipinski definition) is 1. The standard InChI is InChI=1S/C22H18NO/c1-13-11-16-8-6-10-18-21(16)22(23(13)3)20-14(2)17-9-5-4-7-15(17)12-19(20)24-18/h4-12H,1-3H3/q+1. The first kappa shape index (κ1) is 13.6. The van der Waals surface area contributed by atoms with Crippen molar-refractivity contribution in [2.24, 2.45) is 7.05 Å². The van der Waals surface area contributed by atoms with Crippen LogP contribution >= 0.6 is 0 Å². The van der Waals surface area contributed by atoms with Crippen LogP contribution in [0.2, 0.25) is 0 Å². The predicted octanol–water partition coefficient (Wildman–Crippen LogP) is 5.21. The van der Waals surface area contributed by atoms with E-state index in [-0.39, 0.29) is 0 Å². The molecule has 2 heterocycles. The van der Waals surface area contributed by atoms with Crippen molar-refractivity contribution in [2.75, 3.05) is 0 Å². The van der Waals surface area contributed by atoms with Crippen LogP contribution in [-0.2, 0) is 7.05 Å². The van der Waals surface area contributed by atoms with Gasteiger partial charge in [0.25, 0.3) is 0 Å². The van der Waals surface area contributed by atoms with Crippen LogP contribution in [0.5, 0.6) is 11.5 Å². The number of aromatic nitrogens is 1. The van der Waals surface area contributed by atoms with Gasteiger partial charge in [0, 0.05) is 13.0 Å². The first-order valence-corrected chi connectivity index (χ1v) is 8.28. The van der Waals surface area contributed by atoms with E-state index in [0.29, 0.717) is 0 Å². The lowest BCUT2D eigenvalue weighted by atomic mass is 9.92. The Morgan fingerprint density at radius 2 is 1.62 bits per heavy atom. The van der Waals surface area contributed by atoms with Crippen LogP contribution in [0.25, 0.3) is 32.8 Å². The Morgan fingerprint density at radius 3 is 2.50 bits per heavy atom. The second-order valence-corrected chi connectivity index (χ2v) is 6.61. The van der Waals surface area contributed by atoms with Gasteiger partial charge in [0.15, 0.2) is 5.69 Å². The number of pyridine rings is 1. The Hall–Kier alpha value is -2.87. The molecule has 1 aliphatic rings. The Labute approximate surface area is 140 Å². The zero-order chi connectivity index (χ0) is 16.4. The molecule has 0 amide bonds. The zero-order valence-corrected chi connectivity index (χ0v) is 14.1. The summed E-state index contributed by atoms with van der Waals surface area (Å²) in [6.07, 6.45) is 0. The lowest BCUT2D eigenvalue weighted by molar-refractivity contribution is -0.665. The summed E-state index contributed by atoms with van der Waals surface area (Å²) in [6, 6.07) is 19.2. The second-order valence-electron chi connectivity index (χ2n) is 6.61. The maximum absolute atomic E-state index is 6.32. The van der Waals surface area contributed by atoms with Crippen LogP contribution in [0.1, 0.15) is 11.3 Å². The average molecular weight is 312 g/mol. The molecule has 5 rings (SSSR count). The molecule has 0 fully saturated rings. The van der Waals surface area contributed by atoms with E-state index in [2.05, 4.69) is 80.1 Å². The molecule has 2 nitrogen and oxygen atoms in total. The van der Waals surface area contributed by atoms with E-state index in [1.165, 1.54) is 44.1 Å². The summed E-state index contributed by atoms with van der Waals surface area (Å²) in [5, 5.41) is 4.95. The molecule has 0 saturated carbocycles. The molecule has 1 aliphatic heterocycles. The predicted molar refractivity (Wildman–Crippen MR) is 97.6 cm³/mol. The molecule has 3 aromatic carbocycles. The van der Waals surface area contributed by atoms with Gasteiger partial charge >= 0.3 is 0 Å². The van der Waals surface area contributed by atoms with Crippen LogP contribution in [-0.4, -0.2) is 0 Å². The molecule has 0 radical (unpaired) electrons. The lowest BCUT2D eigenvalue weighted by Gasteiger charge is -2.22. The van der Waals surface area contributed by atoms with Gasteiger partial charge in [-0.05, 0) is 40.8 Å². The minimum Gasteiger partial charge on any atom is -0.456 e. The summed E-state index contributed by atoms with van der Waals surface area (Å²) < 4.78 is 8.61. The molecular weight excluding hydrogens is 294 g/mol. The van der Waals surface area contributed by atoms with Crippen molar-refractivity contribution in [1.29, 1.82) is 0 Å². The first-order valence-electron chi connectivity index (χ1n) is 8.28. The van der Waals surface area contributed by atoms with Crippen molar-refractivity contribution >= 4 is 21.5 Å². The number of fused-ring (bicyclic) bond motifs is 3. The molecule has 24 heavy (non-hydrogen) atoms. The van der Waals surface area contributed by atoms with E-state index < -0.39 is 0 Å². The summed E-state index contributed by atoms with van der Waals surface area (Å²) in [4.78, 5) is 0. The summed E-state index contributed by atoms with van der Waals surface area (Å²) >= 11 is 0. The maximum atomic E-state index is 6.32. The minimum absolute atomic E-state index is 0.945. The smallest absolute Gasteiger partial charge is 0.228 e. The third-order valence-corrected chi connectivity index (χ3v) is 5.25. The van der Waals surface area contributed by atoms with Crippen LogP contribution in [0.3, 0.4) is 0 Å². The average Bonchev–Trinajstić information content (AvgIpc) is 2.59. The number of ether oxygens (including phenoxy) is 1. The lowest BCUT2D eigenvalue weighted by Crippen LogP contribution is -2.35. The van der Waals surface area contributed by atoms with E-state index >= 15 is 0 Å². The van der Waals surface area contributed by atoms with Gasteiger partial charge in [-0.3, -0.25) is 0 Å². The number of benzene rings is 3. The van der Waals surface area contributed by atoms with E-state index in [1.54, 1.807) is 0 Å². The van der Waals surface area contributed by atoms with Gasteiger partial charge in [0.2, 0.25) is 5.69 Å². The molecule has 1 aromatic heterocycles. The van der Waals surface area contributed by atoms with Gasteiger partial charge in [-0.1, -0.05) is 36.4 Å². The number of rotatable bonds is 0. The fraction of sp³-hybridized carbons (Fsp3) is 0.136. The summed E-state index contributed by atoms with van der Waals surface area (Å²) in [7, 11) is 2.14. The third-order valence-electron chi connectivity index (χ3n) is 5.25. The van der Waals surface area contributed by atoms with E-state index in [9.17, 15) is 0 Å². The van der Waals surface area contributed by atoms with E-state index in [0.717, 1.165) is 11.5 Å². The normalized spacial score (nSPS) is 12.3. The van der Waals surface area contributed by atoms with E-state index in [4.69, 9.17) is 4.74 Å². The minimum atomic E-state index is 0.945. The highest BCUT2D eigenvalue weighted by molar-refractivity contribution is 6.05. The fourth-order valence-corrected chi connectivity index (χ4v) is 3.96. The molecule has 0 atom stereocenters.